The second-order valence-corrected chi connectivity index (χ2v) is 5.43. The lowest BCUT2D eigenvalue weighted by Crippen LogP contribution is -2.45. The molecule has 0 aromatic heterocycles. The molecule has 0 radical (unpaired) electrons. The van der Waals surface area contributed by atoms with Crippen LogP contribution in [-0.4, -0.2) is 63.5 Å². The first-order valence-corrected chi connectivity index (χ1v) is 7.34. The fraction of sp³-hybridized carbons (Fsp3) is 1.00. The topological polar surface area (TPSA) is 33.7 Å². The Morgan fingerprint density at radius 1 is 1.44 bits per heavy atom. The minimum absolute atomic E-state index is 0.261. The van der Waals surface area contributed by atoms with Crippen LogP contribution in [0.15, 0.2) is 0 Å². The molecule has 0 saturated carbocycles. The van der Waals surface area contributed by atoms with E-state index in [-0.39, 0.29) is 6.10 Å². The highest BCUT2D eigenvalue weighted by atomic mass is 16.5. The molecule has 0 aromatic carbocycles. The van der Waals surface area contributed by atoms with E-state index >= 15 is 0 Å². The van der Waals surface area contributed by atoms with Gasteiger partial charge in [-0.3, -0.25) is 4.90 Å². The quantitative estimate of drug-likeness (QED) is 0.633. The lowest BCUT2D eigenvalue weighted by molar-refractivity contribution is -0.0711. The Balaban J connectivity index is 2.03. The molecular weight excluding hydrogens is 228 g/mol. The van der Waals surface area contributed by atoms with Gasteiger partial charge in [0.1, 0.15) is 0 Å². The van der Waals surface area contributed by atoms with E-state index in [1.807, 2.05) is 0 Å². The van der Waals surface area contributed by atoms with Crippen LogP contribution in [0, 0.1) is 5.92 Å². The average Bonchev–Trinajstić information content (AvgIpc) is 2.33. The minimum Gasteiger partial charge on any atom is -0.379 e. The van der Waals surface area contributed by atoms with Gasteiger partial charge < -0.3 is 14.8 Å². The Hall–Kier alpha value is -0.160. The lowest BCUT2D eigenvalue weighted by Gasteiger charge is -2.33. The van der Waals surface area contributed by atoms with Crippen molar-refractivity contribution in [3.05, 3.63) is 0 Å². The van der Waals surface area contributed by atoms with Crippen molar-refractivity contribution in [2.45, 2.75) is 33.3 Å². The predicted molar refractivity (Wildman–Crippen MR) is 75.0 cm³/mol. The summed E-state index contributed by atoms with van der Waals surface area (Å²) in [5.74, 6) is 0.727. The molecule has 1 saturated heterocycles. The van der Waals surface area contributed by atoms with Crippen LogP contribution < -0.4 is 5.32 Å². The third-order valence-corrected chi connectivity index (χ3v) is 3.04. The van der Waals surface area contributed by atoms with Gasteiger partial charge in [0.15, 0.2) is 0 Å². The first-order chi connectivity index (χ1) is 8.72. The summed E-state index contributed by atoms with van der Waals surface area (Å²) in [7, 11) is 0. The van der Waals surface area contributed by atoms with Crippen molar-refractivity contribution >= 4 is 0 Å². The summed E-state index contributed by atoms with van der Waals surface area (Å²) in [5.41, 5.74) is 0. The number of nitrogens with zero attached hydrogens (tertiary/aromatic N) is 1. The fourth-order valence-corrected chi connectivity index (χ4v) is 2.25. The van der Waals surface area contributed by atoms with Crippen molar-refractivity contribution in [1.29, 1.82) is 0 Å². The van der Waals surface area contributed by atoms with Gasteiger partial charge in [0.2, 0.25) is 0 Å². The van der Waals surface area contributed by atoms with Crippen LogP contribution in [0.4, 0.5) is 0 Å². The maximum atomic E-state index is 5.74. The summed E-state index contributed by atoms with van der Waals surface area (Å²) in [5, 5.41) is 3.30. The van der Waals surface area contributed by atoms with Crippen molar-refractivity contribution < 1.29 is 9.47 Å². The van der Waals surface area contributed by atoms with Crippen molar-refractivity contribution in [3.63, 3.8) is 0 Å². The fourth-order valence-electron chi connectivity index (χ4n) is 2.25. The summed E-state index contributed by atoms with van der Waals surface area (Å²) < 4.78 is 11.4. The van der Waals surface area contributed by atoms with Gasteiger partial charge in [0.25, 0.3) is 0 Å². The van der Waals surface area contributed by atoms with Crippen LogP contribution >= 0.6 is 0 Å². The molecule has 4 heteroatoms. The molecule has 1 heterocycles. The van der Waals surface area contributed by atoms with Crippen LogP contribution in [-0.2, 0) is 9.47 Å². The van der Waals surface area contributed by atoms with Crippen LogP contribution in [0.1, 0.15) is 27.2 Å². The summed E-state index contributed by atoms with van der Waals surface area (Å²) in [6.45, 7) is 14.4. The molecule has 1 N–H and O–H groups in total. The number of morpholine rings is 1. The highest BCUT2D eigenvalue weighted by Crippen LogP contribution is 2.08. The molecule has 0 aliphatic carbocycles. The van der Waals surface area contributed by atoms with Crippen LogP contribution in [0.2, 0.25) is 0 Å². The van der Waals surface area contributed by atoms with E-state index in [4.69, 9.17) is 9.47 Å². The lowest BCUT2D eigenvalue weighted by atomic mass is 10.2. The second-order valence-electron chi connectivity index (χ2n) is 5.43. The van der Waals surface area contributed by atoms with Gasteiger partial charge >= 0.3 is 0 Å². The average molecular weight is 258 g/mol. The number of ether oxygens (including phenoxy) is 2. The Kier molecular flexibility index (Phi) is 8.59. The highest BCUT2D eigenvalue weighted by molar-refractivity contribution is 4.72. The van der Waals surface area contributed by atoms with E-state index in [9.17, 15) is 0 Å². The van der Waals surface area contributed by atoms with E-state index in [1.54, 1.807) is 0 Å². The predicted octanol–water partition coefficient (Wildman–Crippen LogP) is 1.36. The van der Waals surface area contributed by atoms with Gasteiger partial charge in [0, 0.05) is 26.2 Å². The Morgan fingerprint density at radius 3 is 3.00 bits per heavy atom. The molecule has 1 atom stereocenters. The van der Waals surface area contributed by atoms with Gasteiger partial charge in [-0.15, -0.1) is 0 Å². The normalized spacial score (nSPS) is 21.7. The zero-order valence-corrected chi connectivity index (χ0v) is 12.3. The van der Waals surface area contributed by atoms with Crippen molar-refractivity contribution in [2.24, 2.45) is 5.92 Å². The van der Waals surface area contributed by atoms with Gasteiger partial charge in [-0.2, -0.15) is 0 Å². The molecule has 1 unspecified atom stereocenters. The first kappa shape index (κ1) is 15.9. The molecule has 108 valence electrons. The second kappa shape index (κ2) is 9.73. The van der Waals surface area contributed by atoms with Crippen LogP contribution in [0.3, 0.4) is 0 Å². The molecule has 18 heavy (non-hydrogen) atoms. The Morgan fingerprint density at radius 2 is 2.28 bits per heavy atom. The third kappa shape index (κ3) is 7.31. The first-order valence-electron chi connectivity index (χ1n) is 7.34. The molecule has 4 nitrogen and oxygen atoms in total. The smallest absolute Gasteiger partial charge is 0.0935 e. The van der Waals surface area contributed by atoms with Gasteiger partial charge in [0.05, 0.1) is 19.3 Å². The van der Waals surface area contributed by atoms with Crippen molar-refractivity contribution in [3.8, 4) is 0 Å². The molecular formula is C14H30N2O2. The minimum atomic E-state index is 0.261. The summed E-state index contributed by atoms with van der Waals surface area (Å²) in [6.07, 6.45) is 1.34. The zero-order chi connectivity index (χ0) is 13.2. The summed E-state index contributed by atoms with van der Waals surface area (Å²) in [6, 6.07) is 0. The SMILES string of the molecule is CCNCCCOCC1CN(CC(C)C)CCO1. The largest absolute Gasteiger partial charge is 0.379 e. The van der Waals surface area contributed by atoms with Gasteiger partial charge in [-0.1, -0.05) is 20.8 Å². The number of hydrogen-bond donors (Lipinski definition) is 1. The number of hydrogen-bond acceptors (Lipinski definition) is 4. The van der Waals surface area contributed by atoms with Crippen LogP contribution in [0.5, 0.6) is 0 Å². The monoisotopic (exact) mass is 258 g/mol. The summed E-state index contributed by atoms with van der Waals surface area (Å²) in [4.78, 5) is 2.49. The van der Waals surface area contributed by atoms with Crippen molar-refractivity contribution in [1.82, 2.24) is 10.2 Å². The van der Waals surface area contributed by atoms with Gasteiger partial charge in [-0.25, -0.2) is 0 Å². The molecule has 1 aliphatic rings. The zero-order valence-electron chi connectivity index (χ0n) is 12.3. The Bertz CT molecular complexity index is 200. The van der Waals surface area contributed by atoms with E-state index in [0.29, 0.717) is 0 Å². The highest BCUT2D eigenvalue weighted by Gasteiger charge is 2.20. The molecule has 1 fully saturated rings. The number of rotatable bonds is 9. The molecule has 1 aliphatic heterocycles. The third-order valence-electron chi connectivity index (χ3n) is 3.04. The molecule has 0 amide bonds. The standard InChI is InChI=1S/C14H30N2O2/c1-4-15-6-5-8-17-12-14-11-16(7-9-18-14)10-13(2)3/h13-15H,4-12H2,1-3H3. The van der Waals surface area contributed by atoms with E-state index < -0.39 is 0 Å². The van der Waals surface area contributed by atoms with Gasteiger partial charge in [-0.05, 0) is 25.4 Å². The Labute approximate surface area is 112 Å². The van der Waals surface area contributed by atoms with E-state index in [0.717, 1.165) is 58.3 Å². The number of nitrogens with one attached hydrogen (secondary N) is 1. The van der Waals surface area contributed by atoms with E-state index in [1.165, 1.54) is 6.54 Å². The van der Waals surface area contributed by atoms with Crippen molar-refractivity contribution in [2.75, 3.05) is 52.5 Å². The van der Waals surface area contributed by atoms with Crippen LogP contribution in [0.25, 0.3) is 0 Å². The molecule has 0 aromatic rings. The van der Waals surface area contributed by atoms with E-state index in [2.05, 4.69) is 31.0 Å². The maximum absolute atomic E-state index is 5.74. The summed E-state index contributed by atoms with van der Waals surface area (Å²) >= 11 is 0. The molecule has 1 rings (SSSR count). The molecule has 0 bridgehead atoms. The maximum Gasteiger partial charge on any atom is 0.0935 e. The molecule has 0 spiro atoms.